The van der Waals surface area contributed by atoms with Gasteiger partial charge in [-0.2, -0.15) is 5.10 Å². The molecule has 1 amide bonds. The molecule has 2 aliphatic rings. The first-order valence-electron chi connectivity index (χ1n) is 7.78. The van der Waals surface area contributed by atoms with Crippen molar-refractivity contribution in [2.75, 3.05) is 13.1 Å². The van der Waals surface area contributed by atoms with Crippen LogP contribution in [0.4, 0.5) is 0 Å². The Morgan fingerprint density at radius 3 is 3.00 bits per heavy atom. The SMILES string of the molecule is CC(C)c1ncc2c(n1)CC1CN(C(=O)c3ccn[nH]3)CC21. The lowest BCUT2D eigenvalue weighted by Gasteiger charge is -2.16. The zero-order chi connectivity index (χ0) is 15.3. The van der Waals surface area contributed by atoms with Gasteiger partial charge in [-0.15, -0.1) is 0 Å². The van der Waals surface area contributed by atoms with Crippen LogP contribution in [0.25, 0.3) is 0 Å². The number of H-pyrrole nitrogens is 1. The molecule has 1 N–H and O–H groups in total. The van der Waals surface area contributed by atoms with Gasteiger partial charge in [-0.1, -0.05) is 13.8 Å². The molecule has 0 spiro atoms. The molecule has 0 aromatic carbocycles. The van der Waals surface area contributed by atoms with Crippen molar-refractivity contribution >= 4 is 5.91 Å². The van der Waals surface area contributed by atoms with Crippen LogP contribution in [0, 0.1) is 5.92 Å². The number of aromatic nitrogens is 4. The second kappa shape index (κ2) is 4.90. The number of amides is 1. The van der Waals surface area contributed by atoms with Gasteiger partial charge in [-0.3, -0.25) is 9.89 Å². The minimum absolute atomic E-state index is 0.0353. The second-order valence-electron chi connectivity index (χ2n) is 6.54. The third-order valence-corrected chi connectivity index (χ3v) is 4.75. The van der Waals surface area contributed by atoms with Crippen LogP contribution in [-0.4, -0.2) is 44.1 Å². The van der Waals surface area contributed by atoms with Gasteiger partial charge in [-0.25, -0.2) is 9.97 Å². The Morgan fingerprint density at radius 2 is 2.27 bits per heavy atom. The van der Waals surface area contributed by atoms with Crippen LogP contribution in [0.5, 0.6) is 0 Å². The third-order valence-electron chi connectivity index (χ3n) is 4.75. The Labute approximate surface area is 129 Å². The number of carbonyl (C=O) groups is 1. The molecule has 1 aliphatic carbocycles. The van der Waals surface area contributed by atoms with Crippen LogP contribution in [0.15, 0.2) is 18.5 Å². The molecule has 4 rings (SSSR count). The standard InChI is InChI=1S/C16H19N5O/c1-9(2)15-17-6-11-12-8-21(7-10(12)5-14(11)19-15)16(22)13-3-4-18-20-13/h3-4,6,9-10,12H,5,7-8H2,1-2H3,(H,18,20). The van der Waals surface area contributed by atoms with Gasteiger partial charge >= 0.3 is 0 Å². The van der Waals surface area contributed by atoms with Crippen LogP contribution in [0.3, 0.4) is 0 Å². The van der Waals surface area contributed by atoms with E-state index in [-0.39, 0.29) is 5.91 Å². The third kappa shape index (κ3) is 2.01. The topological polar surface area (TPSA) is 74.8 Å². The van der Waals surface area contributed by atoms with Gasteiger partial charge in [-0.05, 0) is 24.0 Å². The van der Waals surface area contributed by atoms with Crippen LogP contribution in [-0.2, 0) is 6.42 Å². The Balaban J connectivity index is 1.56. The van der Waals surface area contributed by atoms with Crippen molar-refractivity contribution in [3.05, 3.63) is 41.2 Å². The largest absolute Gasteiger partial charge is 0.336 e. The van der Waals surface area contributed by atoms with Gasteiger partial charge in [0.1, 0.15) is 11.5 Å². The first kappa shape index (κ1) is 13.4. The lowest BCUT2D eigenvalue weighted by molar-refractivity contribution is 0.0779. The highest BCUT2D eigenvalue weighted by Crippen LogP contribution is 2.42. The van der Waals surface area contributed by atoms with Gasteiger partial charge < -0.3 is 4.90 Å². The Kier molecular flexibility index (Phi) is 2.99. The van der Waals surface area contributed by atoms with Crippen molar-refractivity contribution in [3.63, 3.8) is 0 Å². The number of nitrogens with one attached hydrogen (secondary N) is 1. The fraction of sp³-hybridized carbons (Fsp3) is 0.500. The highest BCUT2D eigenvalue weighted by Gasteiger charge is 2.42. The van der Waals surface area contributed by atoms with Gasteiger partial charge in [0, 0.05) is 43.0 Å². The molecule has 0 saturated carbocycles. The summed E-state index contributed by atoms with van der Waals surface area (Å²) >= 11 is 0. The molecule has 1 saturated heterocycles. The highest BCUT2D eigenvalue weighted by molar-refractivity contribution is 5.92. The number of carbonyl (C=O) groups excluding carboxylic acids is 1. The number of nitrogens with zero attached hydrogens (tertiary/aromatic N) is 4. The number of rotatable bonds is 2. The molecule has 3 heterocycles. The van der Waals surface area contributed by atoms with Crippen molar-refractivity contribution in [3.8, 4) is 0 Å². The molecule has 1 fully saturated rings. The predicted molar refractivity (Wildman–Crippen MR) is 80.5 cm³/mol. The fourth-order valence-electron chi connectivity index (χ4n) is 3.58. The maximum Gasteiger partial charge on any atom is 0.271 e. The zero-order valence-corrected chi connectivity index (χ0v) is 12.8. The van der Waals surface area contributed by atoms with Crippen molar-refractivity contribution < 1.29 is 4.79 Å². The van der Waals surface area contributed by atoms with Gasteiger partial charge in [0.15, 0.2) is 0 Å². The molecule has 0 radical (unpaired) electrons. The lowest BCUT2D eigenvalue weighted by Crippen LogP contribution is -2.30. The second-order valence-corrected chi connectivity index (χ2v) is 6.54. The molecule has 2 unspecified atom stereocenters. The van der Waals surface area contributed by atoms with E-state index in [0.717, 1.165) is 25.3 Å². The molecule has 0 bridgehead atoms. The van der Waals surface area contributed by atoms with Crippen molar-refractivity contribution in [2.24, 2.45) is 5.92 Å². The van der Waals surface area contributed by atoms with Crippen LogP contribution in [0.1, 0.15) is 53.3 Å². The first-order valence-corrected chi connectivity index (χ1v) is 7.78. The average molecular weight is 297 g/mol. The summed E-state index contributed by atoms with van der Waals surface area (Å²) in [6, 6.07) is 1.72. The molecule has 114 valence electrons. The van der Waals surface area contributed by atoms with E-state index in [4.69, 9.17) is 4.98 Å². The smallest absolute Gasteiger partial charge is 0.271 e. The van der Waals surface area contributed by atoms with E-state index in [1.165, 1.54) is 11.3 Å². The van der Waals surface area contributed by atoms with E-state index in [1.807, 2.05) is 11.1 Å². The number of likely N-dealkylation sites (tertiary alicyclic amines) is 1. The first-order chi connectivity index (χ1) is 10.6. The summed E-state index contributed by atoms with van der Waals surface area (Å²) < 4.78 is 0. The summed E-state index contributed by atoms with van der Waals surface area (Å²) in [6.07, 6.45) is 4.54. The van der Waals surface area contributed by atoms with Crippen molar-refractivity contribution in [1.82, 2.24) is 25.1 Å². The normalized spacial score (nSPS) is 23.0. The zero-order valence-electron chi connectivity index (χ0n) is 12.8. The van der Waals surface area contributed by atoms with E-state index in [2.05, 4.69) is 29.0 Å². The minimum Gasteiger partial charge on any atom is -0.336 e. The molecule has 2 aromatic rings. The van der Waals surface area contributed by atoms with Crippen LogP contribution < -0.4 is 0 Å². The maximum atomic E-state index is 12.4. The quantitative estimate of drug-likeness (QED) is 0.916. The summed E-state index contributed by atoms with van der Waals surface area (Å²) in [5.41, 5.74) is 2.98. The van der Waals surface area contributed by atoms with E-state index in [0.29, 0.717) is 23.4 Å². The van der Waals surface area contributed by atoms with Crippen molar-refractivity contribution in [2.45, 2.75) is 32.1 Å². The van der Waals surface area contributed by atoms with Gasteiger partial charge in [0.25, 0.3) is 5.91 Å². The molecule has 2 atom stereocenters. The van der Waals surface area contributed by atoms with E-state index < -0.39 is 0 Å². The summed E-state index contributed by atoms with van der Waals surface area (Å²) in [4.78, 5) is 23.6. The van der Waals surface area contributed by atoms with E-state index in [9.17, 15) is 4.79 Å². The highest BCUT2D eigenvalue weighted by atomic mass is 16.2. The Bertz CT molecular complexity index is 709. The fourth-order valence-corrected chi connectivity index (χ4v) is 3.58. The molecule has 1 aliphatic heterocycles. The monoisotopic (exact) mass is 297 g/mol. The molecular weight excluding hydrogens is 278 g/mol. The average Bonchev–Trinajstić information content (AvgIpc) is 3.21. The Hall–Kier alpha value is -2.24. The Morgan fingerprint density at radius 1 is 1.41 bits per heavy atom. The summed E-state index contributed by atoms with van der Waals surface area (Å²) in [7, 11) is 0. The number of hydrogen-bond donors (Lipinski definition) is 1. The van der Waals surface area contributed by atoms with Gasteiger partial charge in [0.05, 0.1) is 0 Å². The van der Waals surface area contributed by atoms with Crippen LogP contribution in [0.2, 0.25) is 0 Å². The maximum absolute atomic E-state index is 12.4. The van der Waals surface area contributed by atoms with Crippen LogP contribution >= 0.6 is 0 Å². The predicted octanol–water partition coefficient (Wildman–Crippen LogP) is 1.73. The lowest BCUT2D eigenvalue weighted by atomic mass is 9.97. The minimum atomic E-state index is 0.0353. The van der Waals surface area contributed by atoms with E-state index >= 15 is 0 Å². The molecular formula is C16H19N5O. The summed E-state index contributed by atoms with van der Waals surface area (Å²) in [5.74, 6) is 2.16. The molecule has 2 aromatic heterocycles. The molecule has 6 nitrogen and oxygen atoms in total. The number of hydrogen-bond acceptors (Lipinski definition) is 4. The molecule has 22 heavy (non-hydrogen) atoms. The van der Waals surface area contributed by atoms with Crippen molar-refractivity contribution in [1.29, 1.82) is 0 Å². The van der Waals surface area contributed by atoms with Gasteiger partial charge in [0.2, 0.25) is 0 Å². The number of fused-ring (bicyclic) bond motifs is 3. The van der Waals surface area contributed by atoms with E-state index in [1.54, 1.807) is 12.3 Å². The number of aromatic amines is 1. The summed E-state index contributed by atoms with van der Waals surface area (Å²) in [5, 5.41) is 6.61. The summed E-state index contributed by atoms with van der Waals surface area (Å²) in [6.45, 7) is 5.76. The molecule has 6 heteroatoms.